The van der Waals surface area contributed by atoms with Gasteiger partial charge in [0.1, 0.15) is 5.75 Å². The highest BCUT2D eigenvalue weighted by molar-refractivity contribution is 5.87. The molecule has 2 N–H and O–H groups in total. The number of anilines is 1. The summed E-state index contributed by atoms with van der Waals surface area (Å²) in [5.74, 6) is 0.575. The van der Waals surface area contributed by atoms with Gasteiger partial charge in [0.15, 0.2) is 6.23 Å². The monoisotopic (exact) mass is 383 g/mol. The molecule has 1 aliphatic rings. The van der Waals surface area contributed by atoms with Crippen LogP contribution < -0.4 is 15.4 Å². The molecule has 0 saturated carbocycles. The number of amides is 3. The molecule has 0 radical (unpaired) electrons. The number of urea groups is 1. The Hall–Kier alpha value is -3.22. The van der Waals surface area contributed by atoms with Gasteiger partial charge in [0.2, 0.25) is 0 Å². The minimum Gasteiger partial charge on any atom is -0.492 e. The lowest BCUT2D eigenvalue weighted by Gasteiger charge is -2.25. The van der Waals surface area contributed by atoms with E-state index in [9.17, 15) is 9.59 Å². The number of ether oxygens (including phenoxy) is 2. The highest BCUT2D eigenvalue weighted by Crippen LogP contribution is 2.25. The van der Waals surface area contributed by atoms with Crippen LogP contribution in [0, 0.1) is 0 Å². The average Bonchev–Trinajstić information content (AvgIpc) is 3.16. The third-order valence-electron chi connectivity index (χ3n) is 4.41. The van der Waals surface area contributed by atoms with Crippen LogP contribution >= 0.6 is 0 Å². The molecule has 0 aliphatic carbocycles. The fourth-order valence-corrected chi connectivity index (χ4v) is 3.08. The van der Waals surface area contributed by atoms with E-state index in [-0.39, 0.29) is 6.03 Å². The molecule has 3 amide bonds. The number of carbonyl (C=O) groups is 2. The van der Waals surface area contributed by atoms with Crippen molar-refractivity contribution in [3.63, 3.8) is 0 Å². The molecule has 0 spiro atoms. The number of carbonyl (C=O) groups excluding carboxylic acids is 2. The van der Waals surface area contributed by atoms with Gasteiger partial charge in [-0.2, -0.15) is 0 Å². The maximum absolute atomic E-state index is 12.5. The first kappa shape index (κ1) is 19.5. The van der Waals surface area contributed by atoms with Gasteiger partial charge in [-0.05, 0) is 31.0 Å². The molecule has 2 aromatic rings. The quantitative estimate of drug-likeness (QED) is 0.791. The van der Waals surface area contributed by atoms with Gasteiger partial charge in [-0.3, -0.25) is 10.2 Å². The van der Waals surface area contributed by atoms with E-state index < -0.39 is 12.3 Å². The number of rotatable bonds is 6. The average molecular weight is 383 g/mol. The van der Waals surface area contributed by atoms with Gasteiger partial charge < -0.3 is 14.8 Å². The van der Waals surface area contributed by atoms with Crippen molar-refractivity contribution in [3.05, 3.63) is 60.2 Å². The maximum atomic E-state index is 12.5. The van der Waals surface area contributed by atoms with Gasteiger partial charge in [-0.15, -0.1) is 0 Å². The van der Waals surface area contributed by atoms with Crippen LogP contribution in [0.2, 0.25) is 0 Å². The van der Waals surface area contributed by atoms with E-state index >= 15 is 0 Å². The summed E-state index contributed by atoms with van der Waals surface area (Å²) in [5.41, 5.74) is 1.55. The van der Waals surface area contributed by atoms with Crippen LogP contribution in [0.25, 0.3) is 0 Å². The Morgan fingerprint density at radius 2 is 1.86 bits per heavy atom. The molecule has 2 aromatic carbocycles. The zero-order valence-electron chi connectivity index (χ0n) is 15.9. The summed E-state index contributed by atoms with van der Waals surface area (Å²) in [5, 5.41) is 5.57. The zero-order chi connectivity index (χ0) is 19.8. The molecule has 1 heterocycles. The van der Waals surface area contributed by atoms with Crippen molar-refractivity contribution in [1.29, 1.82) is 0 Å². The van der Waals surface area contributed by atoms with Crippen LogP contribution in [0.4, 0.5) is 15.3 Å². The Labute approximate surface area is 164 Å². The molecule has 1 aliphatic heterocycles. The Kier molecular flexibility index (Phi) is 6.73. The van der Waals surface area contributed by atoms with Crippen molar-refractivity contribution in [2.45, 2.75) is 32.5 Å². The Morgan fingerprint density at radius 1 is 1.11 bits per heavy atom. The molecule has 0 aromatic heterocycles. The first-order valence-electron chi connectivity index (χ1n) is 9.45. The van der Waals surface area contributed by atoms with Gasteiger partial charge >= 0.3 is 12.1 Å². The number of benzene rings is 2. The molecule has 7 heteroatoms. The van der Waals surface area contributed by atoms with Crippen molar-refractivity contribution in [1.82, 2.24) is 10.2 Å². The van der Waals surface area contributed by atoms with E-state index in [4.69, 9.17) is 9.47 Å². The largest absolute Gasteiger partial charge is 0.492 e. The van der Waals surface area contributed by atoms with Crippen LogP contribution in [0.3, 0.4) is 0 Å². The molecule has 0 unspecified atom stereocenters. The first-order chi connectivity index (χ1) is 13.7. The summed E-state index contributed by atoms with van der Waals surface area (Å²) in [7, 11) is 0. The summed E-state index contributed by atoms with van der Waals surface area (Å²) in [4.78, 5) is 26.4. The second-order valence-corrected chi connectivity index (χ2v) is 6.39. The van der Waals surface area contributed by atoms with Crippen LogP contribution in [0.1, 0.15) is 25.3 Å². The number of para-hydroxylation sites is 2. The van der Waals surface area contributed by atoms with Crippen LogP contribution in [-0.2, 0) is 11.3 Å². The van der Waals surface area contributed by atoms with E-state index in [0.717, 1.165) is 12.0 Å². The SMILES string of the molecule is CCOc1ccccc1NC(=O)O[C@@H]1CCCN1C(=O)NCc1ccccc1. The molecule has 7 nitrogen and oxygen atoms in total. The summed E-state index contributed by atoms with van der Waals surface area (Å²) in [6, 6.07) is 16.6. The first-order valence-corrected chi connectivity index (χ1v) is 9.45. The predicted octanol–water partition coefficient (Wildman–Crippen LogP) is 3.97. The minimum absolute atomic E-state index is 0.242. The highest BCUT2D eigenvalue weighted by atomic mass is 16.6. The van der Waals surface area contributed by atoms with E-state index in [1.165, 1.54) is 0 Å². The molecule has 1 atom stereocenters. The molecular weight excluding hydrogens is 358 g/mol. The smallest absolute Gasteiger partial charge is 0.413 e. The van der Waals surface area contributed by atoms with Gasteiger partial charge in [0.25, 0.3) is 0 Å². The fourth-order valence-electron chi connectivity index (χ4n) is 3.08. The standard InChI is InChI=1S/C21H25N3O4/c1-2-27-18-12-7-6-11-17(18)23-21(26)28-19-13-8-14-24(19)20(25)22-15-16-9-4-3-5-10-16/h3-7,9-12,19H,2,8,13-15H2,1H3,(H,22,25)(H,23,26)/t19-/m1/s1. The second-order valence-electron chi connectivity index (χ2n) is 6.39. The van der Waals surface area contributed by atoms with Crippen LogP contribution in [-0.4, -0.2) is 36.4 Å². The fraction of sp³-hybridized carbons (Fsp3) is 0.333. The third kappa shape index (κ3) is 5.16. The van der Waals surface area contributed by atoms with Crippen LogP contribution in [0.15, 0.2) is 54.6 Å². The van der Waals surface area contributed by atoms with Crippen molar-refractivity contribution in [2.24, 2.45) is 0 Å². The van der Waals surface area contributed by atoms with Crippen molar-refractivity contribution in [3.8, 4) is 5.75 Å². The molecule has 148 valence electrons. The number of hydrogen-bond donors (Lipinski definition) is 2. The van der Waals surface area contributed by atoms with Gasteiger partial charge in [-0.1, -0.05) is 42.5 Å². The van der Waals surface area contributed by atoms with Gasteiger partial charge in [0.05, 0.1) is 12.3 Å². The summed E-state index contributed by atoms with van der Waals surface area (Å²) >= 11 is 0. The van der Waals surface area contributed by atoms with E-state index in [0.29, 0.717) is 37.6 Å². The third-order valence-corrected chi connectivity index (χ3v) is 4.41. The Balaban J connectivity index is 1.54. The number of nitrogens with zero attached hydrogens (tertiary/aromatic N) is 1. The molecule has 3 rings (SSSR count). The van der Waals surface area contributed by atoms with Crippen LogP contribution in [0.5, 0.6) is 5.75 Å². The molecule has 0 bridgehead atoms. The van der Waals surface area contributed by atoms with E-state index in [1.807, 2.05) is 43.3 Å². The summed E-state index contributed by atoms with van der Waals surface area (Å²) in [6.45, 7) is 3.34. The molecule has 28 heavy (non-hydrogen) atoms. The molecule has 1 saturated heterocycles. The van der Waals surface area contributed by atoms with E-state index in [2.05, 4.69) is 10.6 Å². The predicted molar refractivity (Wildman–Crippen MR) is 106 cm³/mol. The lowest BCUT2D eigenvalue weighted by atomic mass is 10.2. The van der Waals surface area contributed by atoms with Crippen molar-refractivity contribution < 1.29 is 19.1 Å². The van der Waals surface area contributed by atoms with Crippen molar-refractivity contribution in [2.75, 3.05) is 18.5 Å². The van der Waals surface area contributed by atoms with Crippen molar-refractivity contribution >= 4 is 17.8 Å². The molecular formula is C21H25N3O4. The van der Waals surface area contributed by atoms with E-state index in [1.54, 1.807) is 23.1 Å². The second kappa shape index (κ2) is 9.64. The highest BCUT2D eigenvalue weighted by Gasteiger charge is 2.31. The lowest BCUT2D eigenvalue weighted by Crippen LogP contribution is -2.44. The summed E-state index contributed by atoms with van der Waals surface area (Å²) in [6.07, 6.45) is 0.195. The Morgan fingerprint density at radius 3 is 2.64 bits per heavy atom. The van der Waals surface area contributed by atoms with Gasteiger partial charge in [-0.25, -0.2) is 9.59 Å². The normalized spacial score (nSPS) is 15.8. The maximum Gasteiger partial charge on any atom is 0.413 e. The number of likely N-dealkylation sites (tertiary alicyclic amines) is 1. The minimum atomic E-state index is -0.611. The van der Waals surface area contributed by atoms with Gasteiger partial charge in [0, 0.05) is 19.5 Å². The number of hydrogen-bond acceptors (Lipinski definition) is 4. The lowest BCUT2D eigenvalue weighted by molar-refractivity contribution is 0.0401. The zero-order valence-corrected chi connectivity index (χ0v) is 15.9. The number of nitrogens with one attached hydrogen (secondary N) is 2. The molecule has 1 fully saturated rings. The Bertz CT molecular complexity index is 797. The topological polar surface area (TPSA) is 79.9 Å². The summed E-state index contributed by atoms with van der Waals surface area (Å²) < 4.78 is 11.0.